The van der Waals surface area contributed by atoms with E-state index in [2.05, 4.69) is 42.3 Å². The van der Waals surface area contributed by atoms with Gasteiger partial charge >= 0.3 is 0 Å². The van der Waals surface area contributed by atoms with Gasteiger partial charge in [0.2, 0.25) is 0 Å². The van der Waals surface area contributed by atoms with Gasteiger partial charge in [-0.25, -0.2) is 0 Å². The highest BCUT2D eigenvalue weighted by Crippen LogP contribution is 2.34. The summed E-state index contributed by atoms with van der Waals surface area (Å²) >= 11 is 0. The highest BCUT2D eigenvalue weighted by Gasteiger charge is 2.25. The SMILES string of the molecule is CCc1ccc(OCCNC(C)Cc2cc3c(c(C(N)=O)c2)N(CCCO)CC3)c(OC(C)(C)C)c1. The van der Waals surface area contributed by atoms with Crippen LogP contribution in [0.15, 0.2) is 30.3 Å². The van der Waals surface area contributed by atoms with Gasteiger partial charge in [0.1, 0.15) is 12.2 Å². The van der Waals surface area contributed by atoms with Gasteiger partial charge in [-0.05, 0) is 88.3 Å². The number of hydrogen-bond donors (Lipinski definition) is 3. The molecule has 1 heterocycles. The molecule has 0 aromatic heterocycles. The molecule has 0 bridgehead atoms. The summed E-state index contributed by atoms with van der Waals surface area (Å²) in [5.74, 6) is 1.13. The Kier molecular flexibility index (Phi) is 9.63. The van der Waals surface area contributed by atoms with E-state index in [4.69, 9.17) is 15.2 Å². The van der Waals surface area contributed by atoms with Gasteiger partial charge < -0.3 is 30.5 Å². The van der Waals surface area contributed by atoms with Crippen LogP contribution in [0.2, 0.25) is 0 Å². The summed E-state index contributed by atoms with van der Waals surface area (Å²) in [5, 5.41) is 12.7. The van der Waals surface area contributed by atoms with E-state index in [-0.39, 0.29) is 18.2 Å². The number of fused-ring (bicyclic) bond motifs is 1. The van der Waals surface area contributed by atoms with Crippen LogP contribution in [0.1, 0.15) is 68.1 Å². The lowest BCUT2D eigenvalue weighted by Gasteiger charge is -2.24. The Balaban J connectivity index is 1.58. The fourth-order valence-electron chi connectivity index (χ4n) is 4.68. The molecule has 0 radical (unpaired) electrons. The van der Waals surface area contributed by atoms with Crippen molar-refractivity contribution in [3.63, 3.8) is 0 Å². The zero-order valence-electron chi connectivity index (χ0n) is 22.5. The third-order valence-electron chi connectivity index (χ3n) is 6.29. The zero-order valence-corrected chi connectivity index (χ0v) is 22.5. The van der Waals surface area contributed by atoms with Crippen LogP contribution in [0.25, 0.3) is 0 Å². The Morgan fingerprint density at radius 3 is 2.64 bits per heavy atom. The fraction of sp³-hybridized carbons (Fsp3) is 0.552. The van der Waals surface area contributed by atoms with Crippen LogP contribution in [0.5, 0.6) is 11.5 Å². The summed E-state index contributed by atoms with van der Waals surface area (Å²) in [4.78, 5) is 14.4. The van der Waals surface area contributed by atoms with Crippen molar-refractivity contribution < 1.29 is 19.4 Å². The molecular weight excluding hydrogens is 454 g/mol. The monoisotopic (exact) mass is 497 g/mol. The molecule has 1 aliphatic rings. The standard InChI is InChI=1S/C29H43N3O4/c1-6-21-8-9-25(26(19-21)36-29(3,4)5)35-15-11-31-20(2)16-22-17-23-10-13-32(12-7-14-33)27(23)24(18-22)28(30)34/h8-9,17-20,31,33H,6-7,10-16H2,1-5H3,(H2,30,34). The van der Waals surface area contributed by atoms with Gasteiger partial charge in [0.25, 0.3) is 5.91 Å². The second-order valence-electron chi connectivity index (χ2n) is 10.6. The number of amides is 1. The molecule has 0 fully saturated rings. The summed E-state index contributed by atoms with van der Waals surface area (Å²) in [5.41, 5.74) is 10.4. The average Bonchev–Trinajstić information content (AvgIpc) is 3.22. The molecule has 1 unspecified atom stereocenters. The lowest BCUT2D eigenvalue weighted by molar-refractivity contribution is 0.100. The number of nitrogens with two attached hydrogens (primary N) is 1. The Bertz CT molecular complexity index is 1030. The van der Waals surface area contributed by atoms with Crippen molar-refractivity contribution in [3.05, 3.63) is 52.6 Å². The van der Waals surface area contributed by atoms with E-state index in [1.807, 2.05) is 32.9 Å². The second-order valence-corrected chi connectivity index (χ2v) is 10.6. The average molecular weight is 498 g/mol. The van der Waals surface area contributed by atoms with E-state index >= 15 is 0 Å². The maximum Gasteiger partial charge on any atom is 0.250 e. The van der Waals surface area contributed by atoms with Gasteiger partial charge in [0, 0.05) is 32.3 Å². The lowest BCUT2D eigenvalue weighted by atomic mass is 9.98. The van der Waals surface area contributed by atoms with Crippen molar-refractivity contribution in [1.82, 2.24) is 5.32 Å². The minimum Gasteiger partial charge on any atom is -0.488 e. The smallest absolute Gasteiger partial charge is 0.250 e. The van der Waals surface area contributed by atoms with E-state index in [0.29, 0.717) is 25.1 Å². The number of aryl methyl sites for hydroxylation is 1. The first-order valence-corrected chi connectivity index (χ1v) is 13.1. The zero-order chi connectivity index (χ0) is 26.3. The molecular formula is C29H43N3O4. The molecule has 7 heteroatoms. The fourth-order valence-corrected chi connectivity index (χ4v) is 4.68. The number of ether oxygens (including phenoxy) is 2. The Morgan fingerprint density at radius 2 is 1.97 bits per heavy atom. The van der Waals surface area contributed by atoms with Crippen LogP contribution in [0, 0.1) is 0 Å². The van der Waals surface area contributed by atoms with Gasteiger partial charge in [0.15, 0.2) is 11.5 Å². The highest BCUT2D eigenvalue weighted by molar-refractivity contribution is 6.00. The number of nitrogens with zero attached hydrogens (tertiary/aromatic N) is 1. The van der Waals surface area contributed by atoms with E-state index < -0.39 is 5.91 Å². The number of hydrogen-bond acceptors (Lipinski definition) is 6. The Morgan fingerprint density at radius 1 is 1.19 bits per heavy atom. The molecule has 2 aromatic rings. The van der Waals surface area contributed by atoms with E-state index in [0.717, 1.165) is 60.7 Å². The number of rotatable bonds is 13. The van der Waals surface area contributed by atoms with E-state index in [1.54, 1.807) is 0 Å². The number of anilines is 1. The number of primary amides is 1. The quantitative estimate of drug-likeness (QED) is 0.364. The van der Waals surface area contributed by atoms with Crippen molar-refractivity contribution in [2.75, 3.05) is 37.7 Å². The normalized spacial score (nSPS) is 14.0. The van der Waals surface area contributed by atoms with Crippen LogP contribution in [0.4, 0.5) is 5.69 Å². The molecule has 3 rings (SSSR count). The molecule has 0 saturated carbocycles. The first-order valence-electron chi connectivity index (χ1n) is 13.1. The first kappa shape index (κ1) is 27.8. The van der Waals surface area contributed by atoms with Gasteiger partial charge in [-0.15, -0.1) is 0 Å². The van der Waals surface area contributed by atoms with Gasteiger partial charge in [-0.1, -0.05) is 19.1 Å². The van der Waals surface area contributed by atoms with E-state index in [9.17, 15) is 9.90 Å². The van der Waals surface area contributed by atoms with Crippen LogP contribution in [-0.4, -0.2) is 55.5 Å². The first-order chi connectivity index (χ1) is 17.1. The van der Waals surface area contributed by atoms with E-state index in [1.165, 1.54) is 5.56 Å². The predicted molar refractivity (Wildman–Crippen MR) is 145 cm³/mol. The molecule has 7 nitrogen and oxygen atoms in total. The van der Waals surface area contributed by atoms with Crippen LogP contribution in [-0.2, 0) is 19.3 Å². The summed E-state index contributed by atoms with van der Waals surface area (Å²) in [7, 11) is 0. The number of benzene rings is 2. The predicted octanol–water partition coefficient (Wildman–Crippen LogP) is 3.87. The number of aliphatic hydroxyl groups is 1. The van der Waals surface area contributed by atoms with Crippen molar-refractivity contribution in [1.29, 1.82) is 0 Å². The summed E-state index contributed by atoms with van der Waals surface area (Å²) < 4.78 is 12.2. The van der Waals surface area contributed by atoms with Crippen molar-refractivity contribution >= 4 is 11.6 Å². The molecule has 0 aliphatic carbocycles. The summed E-state index contributed by atoms with van der Waals surface area (Å²) in [6.07, 6.45) is 3.30. The Hall–Kier alpha value is -2.77. The summed E-state index contributed by atoms with van der Waals surface area (Å²) in [6.45, 7) is 13.3. The summed E-state index contributed by atoms with van der Waals surface area (Å²) in [6, 6.07) is 10.5. The molecule has 198 valence electrons. The third kappa shape index (κ3) is 7.61. The maximum absolute atomic E-state index is 12.2. The molecule has 1 atom stereocenters. The van der Waals surface area contributed by atoms with Crippen LogP contribution in [0.3, 0.4) is 0 Å². The van der Waals surface area contributed by atoms with Crippen molar-refractivity contribution in [3.8, 4) is 11.5 Å². The number of aliphatic hydroxyl groups excluding tert-OH is 1. The molecule has 36 heavy (non-hydrogen) atoms. The van der Waals surface area contributed by atoms with Gasteiger partial charge in [-0.2, -0.15) is 0 Å². The third-order valence-corrected chi connectivity index (χ3v) is 6.29. The largest absolute Gasteiger partial charge is 0.488 e. The number of carbonyl (C=O) groups is 1. The minimum absolute atomic E-state index is 0.137. The Labute approximate surface area is 216 Å². The van der Waals surface area contributed by atoms with Gasteiger partial charge in [-0.3, -0.25) is 4.79 Å². The molecule has 2 aromatic carbocycles. The number of nitrogens with one attached hydrogen (secondary N) is 1. The lowest BCUT2D eigenvalue weighted by Crippen LogP contribution is -2.32. The van der Waals surface area contributed by atoms with Crippen molar-refractivity contribution in [2.45, 2.75) is 71.9 Å². The van der Waals surface area contributed by atoms with Gasteiger partial charge in [0.05, 0.1) is 11.3 Å². The van der Waals surface area contributed by atoms with Crippen molar-refractivity contribution in [2.24, 2.45) is 5.73 Å². The molecule has 1 amide bonds. The molecule has 4 N–H and O–H groups in total. The molecule has 0 spiro atoms. The maximum atomic E-state index is 12.2. The highest BCUT2D eigenvalue weighted by atomic mass is 16.5. The number of carbonyl (C=O) groups excluding carboxylic acids is 1. The van der Waals surface area contributed by atoms with Crippen LogP contribution >= 0.6 is 0 Å². The molecule has 0 saturated heterocycles. The topological polar surface area (TPSA) is 97.0 Å². The second kappa shape index (κ2) is 12.5. The molecule has 1 aliphatic heterocycles. The minimum atomic E-state index is -0.402. The van der Waals surface area contributed by atoms with Crippen LogP contribution < -0.4 is 25.4 Å².